The van der Waals surface area contributed by atoms with Gasteiger partial charge in [-0.1, -0.05) is 24.6 Å². The van der Waals surface area contributed by atoms with Crippen LogP contribution in [0.1, 0.15) is 76.6 Å². The van der Waals surface area contributed by atoms with Crippen LogP contribution in [0.5, 0.6) is 0 Å². The first-order chi connectivity index (χ1) is 19.7. The van der Waals surface area contributed by atoms with Crippen molar-refractivity contribution >= 4 is 38.1 Å². The molecule has 2 aliphatic rings. The number of nitriles is 1. The maximum Gasteiger partial charge on any atom is 0.325 e. The maximum absolute atomic E-state index is 12.9. The standard InChI is InChI=1S/C29H44N5O5PS/c1-21(2)34(22(3)4)40(38-18-10-16-30)39-19-11-17-31-26(35)15-9-8-14-25-27-24(20-41-25)33(29(37)32-27)28(36)23-12-6-5-7-13-23/h5-7,12-13,21-22,24-25,27H,8-11,14-15,17-20H2,1-4H3,(H,31,35)(H,32,37). The van der Waals surface area contributed by atoms with E-state index in [-0.39, 0.29) is 47.3 Å². The van der Waals surface area contributed by atoms with Crippen molar-refractivity contribution in [2.24, 2.45) is 0 Å². The highest BCUT2D eigenvalue weighted by Gasteiger charge is 2.50. The quantitative estimate of drug-likeness (QED) is 0.143. The number of thioether (sulfide) groups is 1. The minimum atomic E-state index is -1.27. The molecular formula is C29H44N5O5PS. The van der Waals surface area contributed by atoms with Crippen LogP contribution in [0.2, 0.25) is 0 Å². The van der Waals surface area contributed by atoms with E-state index in [1.54, 1.807) is 36.0 Å². The molecule has 4 amide bonds. The van der Waals surface area contributed by atoms with Gasteiger partial charge in [0.25, 0.3) is 14.4 Å². The summed E-state index contributed by atoms with van der Waals surface area (Å²) in [6.07, 6.45) is 3.99. The second-order valence-corrected chi connectivity index (χ2v) is 13.5. The molecule has 41 heavy (non-hydrogen) atoms. The number of hydrogen-bond donors (Lipinski definition) is 2. The van der Waals surface area contributed by atoms with Crippen LogP contribution in [0.4, 0.5) is 4.79 Å². The zero-order valence-corrected chi connectivity index (χ0v) is 26.3. The molecular weight excluding hydrogens is 561 g/mol. The van der Waals surface area contributed by atoms with Crippen LogP contribution >= 0.6 is 20.3 Å². The first kappa shape index (κ1) is 33.3. The minimum absolute atomic E-state index is 0.0225. The molecule has 226 valence electrons. The number of carbonyl (C=O) groups excluding carboxylic acids is 3. The molecule has 0 aliphatic carbocycles. The van der Waals surface area contributed by atoms with Crippen LogP contribution in [-0.4, -0.2) is 82.3 Å². The van der Waals surface area contributed by atoms with E-state index in [1.165, 1.54) is 4.90 Å². The molecule has 1 aromatic rings. The van der Waals surface area contributed by atoms with E-state index in [1.807, 2.05) is 6.07 Å². The van der Waals surface area contributed by atoms with Crippen LogP contribution in [0.25, 0.3) is 0 Å². The number of imide groups is 1. The molecule has 0 saturated carbocycles. The Hall–Kier alpha value is -2.22. The lowest BCUT2D eigenvalue weighted by molar-refractivity contribution is -0.121. The highest BCUT2D eigenvalue weighted by atomic mass is 32.2. The van der Waals surface area contributed by atoms with E-state index >= 15 is 0 Å². The van der Waals surface area contributed by atoms with Crippen molar-refractivity contribution < 1.29 is 23.4 Å². The van der Waals surface area contributed by atoms with Crippen LogP contribution in [0.3, 0.4) is 0 Å². The topological polar surface area (TPSA) is 124 Å². The van der Waals surface area contributed by atoms with Crippen molar-refractivity contribution in [2.45, 2.75) is 95.6 Å². The van der Waals surface area contributed by atoms with Crippen LogP contribution in [0.15, 0.2) is 30.3 Å². The number of amides is 4. The molecule has 0 radical (unpaired) electrons. The summed E-state index contributed by atoms with van der Waals surface area (Å²) in [5.41, 5.74) is 0.520. The number of nitrogens with one attached hydrogen (secondary N) is 2. The van der Waals surface area contributed by atoms with Gasteiger partial charge in [0.2, 0.25) is 5.91 Å². The average Bonchev–Trinajstić information content (AvgIpc) is 3.48. The third kappa shape index (κ3) is 9.65. The monoisotopic (exact) mass is 605 g/mol. The molecule has 0 bridgehead atoms. The van der Waals surface area contributed by atoms with Crippen molar-refractivity contribution in [1.29, 1.82) is 5.26 Å². The summed E-state index contributed by atoms with van der Waals surface area (Å²) < 4.78 is 14.1. The van der Waals surface area contributed by atoms with Gasteiger partial charge in [0, 0.05) is 41.6 Å². The molecule has 2 aliphatic heterocycles. The summed E-state index contributed by atoms with van der Waals surface area (Å²) in [5.74, 6) is 0.501. The highest BCUT2D eigenvalue weighted by molar-refractivity contribution is 8.00. The van der Waals surface area contributed by atoms with E-state index in [0.29, 0.717) is 44.6 Å². The third-order valence-electron chi connectivity index (χ3n) is 7.03. The molecule has 2 saturated heterocycles. The van der Waals surface area contributed by atoms with Gasteiger partial charge in [-0.15, -0.1) is 0 Å². The molecule has 10 nitrogen and oxygen atoms in total. The number of benzene rings is 1. The highest BCUT2D eigenvalue weighted by Crippen LogP contribution is 2.46. The number of fused-ring (bicyclic) bond motifs is 1. The molecule has 2 fully saturated rings. The summed E-state index contributed by atoms with van der Waals surface area (Å²) in [6.45, 7) is 9.73. The molecule has 0 spiro atoms. The van der Waals surface area contributed by atoms with Crippen LogP contribution in [-0.2, 0) is 13.8 Å². The lowest BCUT2D eigenvalue weighted by atomic mass is 10.0. The average molecular weight is 606 g/mol. The zero-order chi connectivity index (χ0) is 29.8. The SMILES string of the molecule is CC(C)N(C(C)C)P(OCCC#N)OCCCNC(=O)CCCCC1SCC2C1NC(=O)N2C(=O)c1ccccc1. The number of carbonyl (C=O) groups is 3. The Labute approximate surface area is 249 Å². The van der Waals surface area contributed by atoms with E-state index in [2.05, 4.69) is 49.1 Å². The van der Waals surface area contributed by atoms with Gasteiger partial charge < -0.3 is 19.7 Å². The molecule has 2 N–H and O–H groups in total. The predicted molar refractivity (Wildman–Crippen MR) is 162 cm³/mol. The number of urea groups is 1. The van der Waals surface area contributed by atoms with Gasteiger partial charge in [-0.3, -0.25) is 14.5 Å². The number of hydrogen-bond acceptors (Lipinski definition) is 8. The number of rotatable bonds is 17. The number of unbranched alkanes of at least 4 members (excludes halogenated alkanes) is 1. The lowest BCUT2D eigenvalue weighted by Crippen LogP contribution is -2.41. The van der Waals surface area contributed by atoms with Gasteiger partial charge in [0.15, 0.2) is 0 Å². The van der Waals surface area contributed by atoms with Crippen molar-refractivity contribution in [3.05, 3.63) is 35.9 Å². The smallest absolute Gasteiger partial charge is 0.325 e. The van der Waals surface area contributed by atoms with Crippen LogP contribution < -0.4 is 10.6 Å². The van der Waals surface area contributed by atoms with E-state index in [0.717, 1.165) is 25.0 Å². The van der Waals surface area contributed by atoms with Crippen molar-refractivity contribution in [3.8, 4) is 6.07 Å². The fourth-order valence-electron chi connectivity index (χ4n) is 5.17. The maximum atomic E-state index is 12.9. The number of nitrogens with zero attached hydrogens (tertiary/aromatic N) is 3. The fraction of sp³-hybridized carbons (Fsp3) is 0.655. The summed E-state index contributed by atoms with van der Waals surface area (Å²) >= 11 is 1.79. The largest absolute Gasteiger partial charge is 0.356 e. The van der Waals surface area contributed by atoms with Crippen molar-refractivity contribution in [1.82, 2.24) is 20.2 Å². The fourth-order valence-corrected chi connectivity index (χ4v) is 8.38. The summed E-state index contributed by atoms with van der Waals surface area (Å²) in [4.78, 5) is 39.3. The van der Waals surface area contributed by atoms with Crippen molar-refractivity contribution in [3.63, 3.8) is 0 Å². The van der Waals surface area contributed by atoms with E-state index < -0.39 is 8.53 Å². The van der Waals surface area contributed by atoms with Gasteiger partial charge in [-0.25, -0.2) is 9.46 Å². The molecule has 1 aromatic carbocycles. The first-order valence-electron chi connectivity index (χ1n) is 14.5. The second-order valence-electron chi connectivity index (χ2n) is 10.8. The molecule has 12 heteroatoms. The molecule has 3 rings (SSSR count). The molecule has 4 atom stereocenters. The van der Waals surface area contributed by atoms with E-state index in [9.17, 15) is 14.4 Å². The third-order valence-corrected chi connectivity index (χ3v) is 10.6. The van der Waals surface area contributed by atoms with E-state index in [4.69, 9.17) is 14.3 Å². The van der Waals surface area contributed by atoms with Crippen LogP contribution in [0, 0.1) is 11.3 Å². The van der Waals surface area contributed by atoms with Gasteiger partial charge in [0.1, 0.15) is 0 Å². The Morgan fingerprint density at radius 2 is 1.85 bits per heavy atom. The van der Waals surface area contributed by atoms with Gasteiger partial charge in [-0.2, -0.15) is 17.0 Å². The van der Waals surface area contributed by atoms with Gasteiger partial charge >= 0.3 is 6.03 Å². The Bertz CT molecular complexity index is 1030. The summed E-state index contributed by atoms with van der Waals surface area (Å²) in [6, 6.07) is 11.0. The van der Waals surface area contributed by atoms with Gasteiger partial charge in [-0.05, 0) is 59.1 Å². The normalized spacial score (nSPS) is 20.8. The summed E-state index contributed by atoms with van der Waals surface area (Å²) in [7, 11) is -1.27. The Morgan fingerprint density at radius 1 is 1.15 bits per heavy atom. The Kier molecular flexibility index (Phi) is 13.8. The Morgan fingerprint density at radius 3 is 2.54 bits per heavy atom. The molecule has 4 unspecified atom stereocenters. The molecule has 2 heterocycles. The van der Waals surface area contributed by atoms with Gasteiger partial charge in [0.05, 0.1) is 37.8 Å². The first-order valence-corrected chi connectivity index (χ1v) is 16.7. The second kappa shape index (κ2) is 17.0. The Balaban J connectivity index is 1.32. The summed E-state index contributed by atoms with van der Waals surface area (Å²) in [5, 5.41) is 15.1. The minimum Gasteiger partial charge on any atom is -0.356 e. The van der Waals surface area contributed by atoms with Crippen molar-refractivity contribution in [2.75, 3.05) is 25.5 Å². The predicted octanol–water partition coefficient (Wildman–Crippen LogP) is 5.06. The zero-order valence-electron chi connectivity index (χ0n) is 24.6. The lowest BCUT2D eigenvalue weighted by Gasteiger charge is -2.35. The molecule has 0 aromatic heterocycles.